The first kappa shape index (κ1) is 14.3. The number of nitrogens with one attached hydrogen (secondary N) is 1. The summed E-state index contributed by atoms with van der Waals surface area (Å²) in [5, 5.41) is 3.51. The van der Waals surface area contributed by atoms with E-state index in [1.165, 1.54) is 0 Å². The van der Waals surface area contributed by atoms with Gasteiger partial charge in [0, 0.05) is 14.3 Å². The van der Waals surface area contributed by atoms with Crippen molar-refractivity contribution in [2.75, 3.05) is 5.32 Å². The first-order chi connectivity index (χ1) is 8.97. The molecule has 2 aromatic rings. The third kappa shape index (κ3) is 3.48. The maximum Gasteiger partial charge on any atom is 0.256 e. The average Bonchev–Trinajstić information content (AvgIpc) is 2.33. The summed E-state index contributed by atoms with van der Waals surface area (Å²) in [7, 11) is 0. The topological polar surface area (TPSA) is 29.1 Å². The first-order valence-electron chi connectivity index (χ1n) is 5.81. The van der Waals surface area contributed by atoms with Crippen molar-refractivity contribution in [3.8, 4) is 0 Å². The lowest BCUT2D eigenvalue weighted by Gasteiger charge is -2.08. The van der Waals surface area contributed by atoms with Gasteiger partial charge in [0.05, 0.1) is 5.56 Å². The molecule has 0 aliphatic rings. The van der Waals surface area contributed by atoms with E-state index >= 15 is 0 Å². The number of carbonyl (C=O) groups is 1. The van der Waals surface area contributed by atoms with Crippen LogP contribution in [-0.4, -0.2) is 5.91 Å². The normalized spacial score (nSPS) is 10.3. The van der Waals surface area contributed by atoms with Crippen molar-refractivity contribution >= 4 is 45.8 Å². The van der Waals surface area contributed by atoms with Gasteiger partial charge in [-0.1, -0.05) is 29.3 Å². The highest BCUT2D eigenvalue weighted by Crippen LogP contribution is 2.21. The Labute approximate surface area is 131 Å². The molecule has 2 aromatic carbocycles. The molecule has 0 saturated heterocycles. The summed E-state index contributed by atoms with van der Waals surface area (Å²) in [5.74, 6) is -0.121. The first-order valence-corrected chi connectivity index (χ1v) is 7.26. The second-order valence-electron chi connectivity index (χ2n) is 4.40. The standard InChI is InChI=1S/C15H13ClINO/c1-9-3-6-12(14(17)7-9)15(19)18-11-5-4-10(2)13(16)8-11/h3-8H,1-2H3,(H,18,19). The molecular formula is C15H13ClINO. The maximum absolute atomic E-state index is 12.2. The van der Waals surface area contributed by atoms with E-state index in [9.17, 15) is 4.79 Å². The molecule has 2 rings (SSSR count). The van der Waals surface area contributed by atoms with Crippen molar-refractivity contribution in [2.24, 2.45) is 0 Å². The van der Waals surface area contributed by atoms with Crippen molar-refractivity contribution in [1.82, 2.24) is 0 Å². The molecule has 0 aliphatic carbocycles. The average molecular weight is 386 g/mol. The second kappa shape index (κ2) is 5.92. The number of hydrogen-bond donors (Lipinski definition) is 1. The molecule has 0 fully saturated rings. The quantitative estimate of drug-likeness (QED) is 0.738. The van der Waals surface area contributed by atoms with Crippen LogP contribution >= 0.6 is 34.2 Å². The summed E-state index contributed by atoms with van der Waals surface area (Å²) in [6.07, 6.45) is 0. The van der Waals surface area contributed by atoms with Crippen molar-refractivity contribution in [3.05, 3.63) is 61.7 Å². The number of benzene rings is 2. The highest BCUT2D eigenvalue weighted by atomic mass is 127. The van der Waals surface area contributed by atoms with Crippen LogP contribution in [0.5, 0.6) is 0 Å². The van der Waals surface area contributed by atoms with Crippen LogP contribution < -0.4 is 5.32 Å². The molecule has 0 saturated carbocycles. The van der Waals surface area contributed by atoms with Crippen molar-refractivity contribution in [1.29, 1.82) is 0 Å². The van der Waals surface area contributed by atoms with Crippen LogP contribution in [0.25, 0.3) is 0 Å². The monoisotopic (exact) mass is 385 g/mol. The van der Waals surface area contributed by atoms with Gasteiger partial charge in [-0.3, -0.25) is 4.79 Å². The second-order valence-corrected chi connectivity index (χ2v) is 5.97. The van der Waals surface area contributed by atoms with E-state index in [1.54, 1.807) is 6.07 Å². The fourth-order valence-corrected chi connectivity index (χ4v) is 2.77. The summed E-state index contributed by atoms with van der Waals surface area (Å²) in [6, 6.07) is 11.2. The van der Waals surface area contributed by atoms with E-state index < -0.39 is 0 Å². The molecule has 1 N–H and O–H groups in total. The van der Waals surface area contributed by atoms with Gasteiger partial charge in [-0.2, -0.15) is 0 Å². The van der Waals surface area contributed by atoms with Gasteiger partial charge in [-0.15, -0.1) is 0 Å². The van der Waals surface area contributed by atoms with Gasteiger partial charge in [-0.05, 0) is 66.3 Å². The minimum Gasteiger partial charge on any atom is -0.322 e. The van der Waals surface area contributed by atoms with Crippen molar-refractivity contribution in [2.45, 2.75) is 13.8 Å². The van der Waals surface area contributed by atoms with Crippen LogP contribution in [0.1, 0.15) is 21.5 Å². The maximum atomic E-state index is 12.2. The Kier molecular flexibility index (Phi) is 4.47. The molecule has 0 atom stereocenters. The van der Waals surface area contributed by atoms with Gasteiger partial charge in [0.1, 0.15) is 0 Å². The van der Waals surface area contributed by atoms with E-state index in [4.69, 9.17) is 11.6 Å². The van der Waals surface area contributed by atoms with E-state index in [0.717, 1.165) is 14.7 Å². The van der Waals surface area contributed by atoms with Crippen LogP contribution in [-0.2, 0) is 0 Å². The smallest absolute Gasteiger partial charge is 0.256 e. The molecule has 19 heavy (non-hydrogen) atoms. The van der Waals surface area contributed by atoms with Gasteiger partial charge in [0.2, 0.25) is 0 Å². The number of rotatable bonds is 2. The third-order valence-electron chi connectivity index (χ3n) is 2.80. The number of hydrogen-bond acceptors (Lipinski definition) is 1. The Balaban J connectivity index is 2.23. The molecule has 2 nitrogen and oxygen atoms in total. The summed E-state index contributed by atoms with van der Waals surface area (Å²) in [5.41, 5.74) is 3.50. The summed E-state index contributed by atoms with van der Waals surface area (Å²) < 4.78 is 0.938. The minimum atomic E-state index is -0.121. The number of carbonyl (C=O) groups excluding carboxylic acids is 1. The zero-order chi connectivity index (χ0) is 14.0. The Morgan fingerprint density at radius 2 is 1.89 bits per heavy atom. The largest absolute Gasteiger partial charge is 0.322 e. The van der Waals surface area contributed by atoms with Crippen molar-refractivity contribution < 1.29 is 4.79 Å². The Morgan fingerprint density at radius 1 is 1.16 bits per heavy atom. The molecule has 4 heteroatoms. The summed E-state index contributed by atoms with van der Waals surface area (Å²) in [4.78, 5) is 12.2. The molecule has 0 heterocycles. The van der Waals surface area contributed by atoms with Gasteiger partial charge >= 0.3 is 0 Å². The summed E-state index contributed by atoms with van der Waals surface area (Å²) >= 11 is 8.21. The van der Waals surface area contributed by atoms with E-state index in [1.807, 2.05) is 44.2 Å². The molecule has 0 radical (unpaired) electrons. The lowest BCUT2D eigenvalue weighted by Crippen LogP contribution is -2.13. The molecule has 0 spiro atoms. The fourth-order valence-electron chi connectivity index (χ4n) is 1.67. The molecule has 0 bridgehead atoms. The zero-order valence-corrected chi connectivity index (χ0v) is 13.5. The minimum absolute atomic E-state index is 0.121. The van der Waals surface area contributed by atoms with Gasteiger partial charge in [0.15, 0.2) is 0 Å². The Hall–Kier alpha value is -1.07. The predicted octanol–water partition coefficient (Wildman–Crippen LogP) is 4.81. The Bertz CT molecular complexity index is 640. The number of anilines is 1. The molecule has 0 aliphatic heterocycles. The molecule has 0 unspecified atom stereocenters. The van der Waals surface area contributed by atoms with E-state index in [-0.39, 0.29) is 5.91 Å². The van der Waals surface area contributed by atoms with Crippen LogP contribution in [0.3, 0.4) is 0 Å². The van der Waals surface area contributed by atoms with E-state index in [2.05, 4.69) is 27.9 Å². The molecule has 0 aromatic heterocycles. The highest BCUT2D eigenvalue weighted by molar-refractivity contribution is 14.1. The molecule has 98 valence electrons. The predicted molar refractivity (Wildman–Crippen MR) is 88.0 cm³/mol. The van der Waals surface area contributed by atoms with Gasteiger partial charge in [0.25, 0.3) is 5.91 Å². The van der Waals surface area contributed by atoms with Crippen molar-refractivity contribution in [3.63, 3.8) is 0 Å². The van der Waals surface area contributed by atoms with Gasteiger partial charge < -0.3 is 5.32 Å². The van der Waals surface area contributed by atoms with Crippen LogP contribution in [0.15, 0.2) is 36.4 Å². The summed E-state index contributed by atoms with van der Waals surface area (Å²) in [6.45, 7) is 3.93. The van der Waals surface area contributed by atoms with Crippen LogP contribution in [0.4, 0.5) is 5.69 Å². The third-order valence-corrected chi connectivity index (χ3v) is 4.10. The van der Waals surface area contributed by atoms with Gasteiger partial charge in [-0.25, -0.2) is 0 Å². The number of amides is 1. The highest BCUT2D eigenvalue weighted by Gasteiger charge is 2.10. The number of halogens is 2. The fraction of sp³-hybridized carbons (Fsp3) is 0.133. The number of aryl methyl sites for hydroxylation is 2. The lowest BCUT2D eigenvalue weighted by molar-refractivity contribution is 0.102. The Morgan fingerprint density at radius 3 is 2.53 bits per heavy atom. The zero-order valence-electron chi connectivity index (χ0n) is 10.6. The van der Waals surface area contributed by atoms with Crippen LogP contribution in [0.2, 0.25) is 5.02 Å². The lowest BCUT2D eigenvalue weighted by atomic mass is 10.1. The SMILES string of the molecule is Cc1ccc(C(=O)Nc2ccc(C)c(Cl)c2)c(I)c1. The molecule has 1 amide bonds. The van der Waals surface area contributed by atoms with Crippen LogP contribution in [0, 0.1) is 17.4 Å². The van der Waals surface area contributed by atoms with E-state index in [0.29, 0.717) is 16.3 Å². The molecular weight excluding hydrogens is 373 g/mol.